The van der Waals surface area contributed by atoms with Gasteiger partial charge >= 0.3 is 5.69 Å². The van der Waals surface area contributed by atoms with Crippen molar-refractivity contribution < 1.29 is 9.18 Å². The Morgan fingerprint density at radius 3 is 2.66 bits per heavy atom. The molecular weight excluding hydrogens is 393 g/mol. The van der Waals surface area contributed by atoms with Gasteiger partial charge in [0.2, 0.25) is 5.91 Å². The topological polar surface area (TPSA) is 73.1 Å². The quantitative estimate of drug-likeness (QED) is 0.562. The van der Waals surface area contributed by atoms with Gasteiger partial charge in [-0.15, -0.1) is 11.3 Å². The smallest absolute Gasteiger partial charge is 0.324 e. The van der Waals surface area contributed by atoms with Crippen LogP contribution in [0.3, 0.4) is 0 Å². The van der Waals surface area contributed by atoms with E-state index in [0.717, 1.165) is 10.1 Å². The Balaban J connectivity index is 1.81. The molecule has 0 saturated carbocycles. The first-order chi connectivity index (χ1) is 14.0. The fraction of sp³-hybridized carbons (Fsp3) is 0.0952. The maximum absolute atomic E-state index is 13.4. The molecule has 2 heterocycles. The van der Waals surface area contributed by atoms with Gasteiger partial charge < -0.3 is 5.32 Å². The molecule has 146 valence electrons. The van der Waals surface area contributed by atoms with Crippen molar-refractivity contribution in [2.24, 2.45) is 0 Å². The highest BCUT2D eigenvalue weighted by Gasteiger charge is 2.18. The minimum Gasteiger partial charge on any atom is -0.324 e. The summed E-state index contributed by atoms with van der Waals surface area (Å²) in [6.45, 7) is 1.50. The second-order valence-corrected chi connectivity index (χ2v) is 7.41. The summed E-state index contributed by atoms with van der Waals surface area (Å²) in [6, 6.07) is 14.2. The molecule has 8 heteroatoms. The van der Waals surface area contributed by atoms with E-state index in [1.807, 2.05) is 6.07 Å². The molecule has 0 bridgehead atoms. The molecule has 0 aliphatic carbocycles. The van der Waals surface area contributed by atoms with Crippen LogP contribution in [0, 0.1) is 12.7 Å². The van der Waals surface area contributed by atoms with E-state index < -0.39 is 23.0 Å². The van der Waals surface area contributed by atoms with Crippen LogP contribution in [0.1, 0.15) is 5.56 Å². The van der Waals surface area contributed by atoms with Crippen LogP contribution < -0.4 is 16.6 Å². The lowest BCUT2D eigenvalue weighted by Gasteiger charge is -2.13. The Bertz CT molecular complexity index is 1350. The number of carbonyl (C=O) groups is 1. The zero-order valence-corrected chi connectivity index (χ0v) is 16.2. The van der Waals surface area contributed by atoms with Gasteiger partial charge in [-0.1, -0.05) is 24.3 Å². The van der Waals surface area contributed by atoms with Crippen molar-refractivity contribution in [2.75, 3.05) is 5.32 Å². The normalized spacial score (nSPS) is 11.0. The minimum absolute atomic E-state index is 0.289. The number of amides is 1. The Labute approximate surface area is 168 Å². The number of fused-ring (bicyclic) bond motifs is 1. The number of thiophene rings is 1. The van der Waals surface area contributed by atoms with Gasteiger partial charge in [0.1, 0.15) is 17.1 Å². The lowest BCUT2D eigenvalue weighted by molar-refractivity contribution is -0.116. The highest BCUT2D eigenvalue weighted by molar-refractivity contribution is 7.17. The molecule has 6 nitrogen and oxygen atoms in total. The van der Waals surface area contributed by atoms with Crippen molar-refractivity contribution in [3.63, 3.8) is 0 Å². The van der Waals surface area contributed by atoms with Gasteiger partial charge in [-0.2, -0.15) is 0 Å². The summed E-state index contributed by atoms with van der Waals surface area (Å²) in [5.74, 6) is -0.978. The number of benzene rings is 2. The predicted molar refractivity (Wildman–Crippen MR) is 111 cm³/mol. The van der Waals surface area contributed by atoms with Gasteiger partial charge in [-0.3, -0.25) is 14.2 Å². The van der Waals surface area contributed by atoms with Crippen molar-refractivity contribution in [2.45, 2.75) is 13.5 Å². The SMILES string of the molecule is Cc1ccccc1-n1c(=O)c2sccc2n(CC(=O)Nc2cccc(F)c2)c1=O. The summed E-state index contributed by atoms with van der Waals surface area (Å²) in [7, 11) is 0. The second kappa shape index (κ2) is 7.48. The average molecular weight is 409 g/mol. The van der Waals surface area contributed by atoms with Crippen LogP contribution in [0.15, 0.2) is 69.6 Å². The molecule has 1 N–H and O–H groups in total. The van der Waals surface area contributed by atoms with Crippen LogP contribution in [-0.4, -0.2) is 15.0 Å². The van der Waals surface area contributed by atoms with Crippen molar-refractivity contribution in [1.82, 2.24) is 9.13 Å². The Morgan fingerprint density at radius 1 is 1.10 bits per heavy atom. The molecule has 0 aliphatic heterocycles. The number of nitrogens with one attached hydrogen (secondary N) is 1. The summed E-state index contributed by atoms with van der Waals surface area (Å²) in [6.07, 6.45) is 0. The number of aromatic nitrogens is 2. The van der Waals surface area contributed by atoms with E-state index in [-0.39, 0.29) is 12.2 Å². The summed E-state index contributed by atoms with van der Waals surface area (Å²) in [5, 5.41) is 4.28. The van der Waals surface area contributed by atoms with Crippen LogP contribution in [-0.2, 0) is 11.3 Å². The molecule has 4 aromatic rings. The third-order valence-electron chi connectivity index (χ3n) is 4.52. The lowest BCUT2D eigenvalue weighted by atomic mass is 10.2. The third-order valence-corrected chi connectivity index (χ3v) is 5.41. The van der Waals surface area contributed by atoms with Crippen molar-refractivity contribution in [1.29, 1.82) is 0 Å². The monoisotopic (exact) mass is 409 g/mol. The van der Waals surface area contributed by atoms with Crippen LogP contribution in [0.2, 0.25) is 0 Å². The van der Waals surface area contributed by atoms with Gasteiger partial charge in [-0.25, -0.2) is 13.8 Å². The maximum atomic E-state index is 13.4. The molecule has 0 unspecified atom stereocenters. The molecule has 0 spiro atoms. The van der Waals surface area contributed by atoms with Gasteiger partial charge in [-0.05, 0) is 48.2 Å². The van der Waals surface area contributed by atoms with E-state index in [2.05, 4.69) is 5.32 Å². The first-order valence-electron chi connectivity index (χ1n) is 8.80. The number of aryl methyl sites for hydroxylation is 1. The fourth-order valence-electron chi connectivity index (χ4n) is 3.18. The highest BCUT2D eigenvalue weighted by atomic mass is 32.1. The molecule has 4 rings (SSSR count). The third kappa shape index (κ3) is 3.50. The molecular formula is C21H16FN3O3S. The van der Waals surface area contributed by atoms with Crippen molar-refractivity contribution in [3.05, 3.63) is 92.2 Å². The van der Waals surface area contributed by atoms with Crippen LogP contribution in [0.25, 0.3) is 15.9 Å². The number of carbonyl (C=O) groups excluding carboxylic acids is 1. The first kappa shape index (κ1) is 18.8. The maximum Gasteiger partial charge on any atom is 0.336 e. The summed E-state index contributed by atoms with van der Waals surface area (Å²) < 4.78 is 16.1. The van der Waals surface area contributed by atoms with Crippen molar-refractivity contribution >= 4 is 33.1 Å². The van der Waals surface area contributed by atoms with Gasteiger partial charge in [0.05, 0.1) is 11.2 Å². The fourth-order valence-corrected chi connectivity index (χ4v) is 4.00. The standard InChI is InChI=1S/C21H16FN3O3S/c1-13-5-2-3-8-16(13)25-20(27)19-17(9-10-29-19)24(21(25)28)12-18(26)23-15-7-4-6-14(22)11-15/h2-11H,12H2,1H3,(H,23,26). The summed E-state index contributed by atoms with van der Waals surface area (Å²) >= 11 is 1.21. The lowest BCUT2D eigenvalue weighted by Crippen LogP contribution is -2.40. The molecule has 1 amide bonds. The number of hydrogen-bond donors (Lipinski definition) is 1. The molecule has 0 radical (unpaired) electrons. The van der Waals surface area contributed by atoms with Gasteiger partial charge in [0.15, 0.2) is 0 Å². The second-order valence-electron chi connectivity index (χ2n) is 6.49. The molecule has 0 aliphatic rings. The molecule has 29 heavy (non-hydrogen) atoms. The van der Waals surface area contributed by atoms with E-state index in [1.165, 1.54) is 34.1 Å². The minimum atomic E-state index is -0.607. The number of hydrogen-bond acceptors (Lipinski definition) is 4. The molecule has 0 atom stereocenters. The number of halogens is 1. The molecule has 2 aromatic carbocycles. The number of rotatable bonds is 4. The van der Waals surface area contributed by atoms with E-state index >= 15 is 0 Å². The van der Waals surface area contributed by atoms with Gasteiger partial charge in [0.25, 0.3) is 5.56 Å². The highest BCUT2D eigenvalue weighted by Crippen LogP contribution is 2.18. The van der Waals surface area contributed by atoms with Crippen LogP contribution in [0.5, 0.6) is 0 Å². The Kier molecular flexibility index (Phi) is 4.85. The van der Waals surface area contributed by atoms with Gasteiger partial charge in [0, 0.05) is 5.69 Å². The zero-order valence-electron chi connectivity index (χ0n) is 15.4. The number of nitrogens with zero attached hydrogens (tertiary/aromatic N) is 2. The Morgan fingerprint density at radius 2 is 1.90 bits per heavy atom. The molecule has 0 fully saturated rings. The predicted octanol–water partition coefficient (Wildman–Crippen LogP) is 3.30. The van der Waals surface area contributed by atoms with E-state index in [9.17, 15) is 18.8 Å². The summed E-state index contributed by atoms with van der Waals surface area (Å²) in [4.78, 5) is 38.7. The van der Waals surface area contributed by atoms with Crippen LogP contribution >= 0.6 is 11.3 Å². The molecule has 2 aromatic heterocycles. The Hall–Kier alpha value is -3.52. The zero-order chi connectivity index (χ0) is 20.5. The summed E-state index contributed by atoms with van der Waals surface area (Å²) in [5.41, 5.74) is 0.886. The number of anilines is 1. The molecule has 0 saturated heterocycles. The number of para-hydroxylation sites is 1. The average Bonchev–Trinajstić information content (AvgIpc) is 3.17. The van der Waals surface area contributed by atoms with Crippen molar-refractivity contribution in [3.8, 4) is 5.69 Å². The van der Waals surface area contributed by atoms with E-state index in [0.29, 0.717) is 15.9 Å². The van der Waals surface area contributed by atoms with E-state index in [4.69, 9.17) is 0 Å². The van der Waals surface area contributed by atoms with Crippen LogP contribution in [0.4, 0.5) is 10.1 Å². The van der Waals surface area contributed by atoms with E-state index in [1.54, 1.807) is 42.6 Å². The largest absolute Gasteiger partial charge is 0.336 e. The first-order valence-corrected chi connectivity index (χ1v) is 9.68.